The topological polar surface area (TPSA) is 29.9 Å². The van der Waals surface area contributed by atoms with E-state index in [4.69, 9.17) is 16.7 Å². The zero-order valence-electron chi connectivity index (χ0n) is 14.5. The summed E-state index contributed by atoms with van der Waals surface area (Å²) in [6.07, 6.45) is 1.87. The predicted molar refractivity (Wildman–Crippen MR) is 103 cm³/mol. The highest BCUT2D eigenvalue weighted by Crippen LogP contribution is 2.29. The summed E-state index contributed by atoms with van der Waals surface area (Å²) in [5, 5.41) is 9.11. The summed E-state index contributed by atoms with van der Waals surface area (Å²) in [7, 11) is 0. The molecule has 5 heteroatoms. The van der Waals surface area contributed by atoms with Gasteiger partial charge in [-0.3, -0.25) is 4.68 Å². The molecule has 0 aliphatic carbocycles. The van der Waals surface area contributed by atoms with Gasteiger partial charge in [-0.25, -0.2) is 4.39 Å². The Morgan fingerprint density at radius 3 is 2.50 bits per heavy atom. The molecule has 0 spiro atoms. The second kappa shape index (κ2) is 7.60. The van der Waals surface area contributed by atoms with Crippen molar-refractivity contribution in [2.75, 3.05) is 13.1 Å². The summed E-state index contributed by atoms with van der Waals surface area (Å²) < 4.78 is 15.4. The molecule has 0 unspecified atom stereocenters. The van der Waals surface area contributed by atoms with Gasteiger partial charge < -0.3 is 5.32 Å². The summed E-state index contributed by atoms with van der Waals surface area (Å²) in [6.45, 7) is 2.02. The molecule has 134 valence electrons. The number of nitrogens with one attached hydrogen (secondary N) is 1. The SMILES string of the molecule is FCc1ccccc1Cn1nc(-c2ccc(Cl)cc2)c2c1CCNCC2. The number of rotatable bonds is 4. The number of nitrogens with zero attached hydrogens (tertiary/aromatic N) is 2. The molecular weight excluding hydrogens is 349 g/mol. The Morgan fingerprint density at radius 1 is 1.00 bits per heavy atom. The Balaban J connectivity index is 1.78. The number of hydrogen-bond donors (Lipinski definition) is 1. The summed E-state index contributed by atoms with van der Waals surface area (Å²) in [5.74, 6) is 0. The van der Waals surface area contributed by atoms with E-state index in [9.17, 15) is 4.39 Å². The van der Waals surface area contributed by atoms with Crippen LogP contribution in [-0.4, -0.2) is 22.9 Å². The second-order valence-electron chi connectivity index (χ2n) is 6.59. The number of fused-ring (bicyclic) bond motifs is 1. The molecule has 0 radical (unpaired) electrons. The monoisotopic (exact) mass is 369 g/mol. The molecule has 1 N–H and O–H groups in total. The molecule has 1 aliphatic heterocycles. The average Bonchev–Trinajstić information content (AvgIpc) is 2.84. The highest BCUT2D eigenvalue weighted by atomic mass is 35.5. The predicted octanol–water partition coefficient (Wildman–Crippen LogP) is 4.41. The highest BCUT2D eigenvalue weighted by Gasteiger charge is 2.21. The van der Waals surface area contributed by atoms with Gasteiger partial charge in [-0.2, -0.15) is 5.10 Å². The van der Waals surface area contributed by atoms with Crippen molar-refractivity contribution < 1.29 is 4.39 Å². The first kappa shape index (κ1) is 17.3. The van der Waals surface area contributed by atoms with Gasteiger partial charge in [0.2, 0.25) is 0 Å². The van der Waals surface area contributed by atoms with Crippen LogP contribution in [0.5, 0.6) is 0 Å². The molecule has 3 nitrogen and oxygen atoms in total. The van der Waals surface area contributed by atoms with Crippen molar-refractivity contribution in [3.05, 3.63) is 75.9 Å². The van der Waals surface area contributed by atoms with E-state index in [0.29, 0.717) is 6.54 Å². The first-order chi connectivity index (χ1) is 12.8. The van der Waals surface area contributed by atoms with Gasteiger partial charge in [-0.15, -0.1) is 0 Å². The Labute approximate surface area is 157 Å². The third-order valence-electron chi connectivity index (χ3n) is 4.96. The lowest BCUT2D eigenvalue weighted by molar-refractivity contribution is 0.480. The molecule has 1 aliphatic rings. The van der Waals surface area contributed by atoms with Gasteiger partial charge in [-0.1, -0.05) is 48.0 Å². The Kier molecular flexibility index (Phi) is 5.05. The van der Waals surface area contributed by atoms with Gasteiger partial charge in [-0.05, 0) is 36.2 Å². The fourth-order valence-corrected chi connectivity index (χ4v) is 3.72. The van der Waals surface area contributed by atoms with Crippen molar-refractivity contribution in [1.82, 2.24) is 15.1 Å². The van der Waals surface area contributed by atoms with Crippen molar-refractivity contribution in [3.63, 3.8) is 0 Å². The largest absolute Gasteiger partial charge is 0.316 e. The van der Waals surface area contributed by atoms with E-state index in [2.05, 4.69) is 10.00 Å². The van der Waals surface area contributed by atoms with Crippen LogP contribution in [0.25, 0.3) is 11.3 Å². The van der Waals surface area contributed by atoms with Crippen LogP contribution in [0, 0.1) is 0 Å². The van der Waals surface area contributed by atoms with Gasteiger partial charge in [0, 0.05) is 34.8 Å². The standard InChI is InChI=1S/C21H21ClFN3/c22-18-7-5-15(6-8-18)21-19-9-11-24-12-10-20(19)26(25-21)14-17-4-2-1-3-16(17)13-23/h1-8,24H,9-14H2. The van der Waals surface area contributed by atoms with E-state index in [1.165, 1.54) is 11.3 Å². The van der Waals surface area contributed by atoms with Crippen molar-refractivity contribution in [2.45, 2.75) is 26.1 Å². The van der Waals surface area contributed by atoms with E-state index >= 15 is 0 Å². The van der Waals surface area contributed by atoms with Gasteiger partial charge in [0.05, 0.1) is 12.2 Å². The van der Waals surface area contributed by atoms with Gasteiger partial charge in [0.1, 0.15) is 6.67 Å². The lowest BCUT2D eigenvalue weighted by Crippen LogP contribution is -2.18. The third kappa shape index (κ3) is 3.39. The molecule has 2 aromatic carbocycles. The minimum atomic E-state index is -0.453. The molecule has 0 amide bonds. The fraction of sp³-hybridized carbons (Fsp3) is 0.286. The van der Waals surface area contributed by atoms with Crippen LogP contribution in [0.15, 0.2) is 48.5 Å². The van der Waals surface area contributed by atoms with Crippen LogP contribution in [0.1, 0.15) is 22.4 Å². The fourth-order valence-electron chi connectivity index (χ4n) is 3.60. The van der Waals surface area contributed by atoms with Crippen LogP contribution >= 0.6 is 11.6 Å². The van der Waals surface area contributed by atoms with Gasteiger partial charge >= 0.3 is 0 Å². The average molecular weight is 370 g/mol. The van der Waals surface area contributed by atoms with E-state index in [1.54, 1.807) is 0 Å². The Morgan fingerprint density at radius 2 is 1.73 bits per heavy atom. The Hall–Kier alpha value is -2.17. The highest BCUT2D eigenvalue weighted by molar-refractivity contribution is 6.30. The van der Waals surface area contributed by atoms with Crippen molar-refractivity contribution in [1.29, 1.82) is 0 Å². The number of benzene rings is 2. The number of halogens is 2. The van der Waals surface area contributed by atoms with Crippen molar-refractivity contribution >= 4 is 11.6 Å². The lowest BCUT2D eigenvalue weighted by atomic mass is 10.0. The molecule has 0 bridgehead atoms. The molecule has 0 fully saturated rings. The quantitative estimate of drug-likeness (QED) is 0.738. The van der Waals surface area contributed by atoms with Gasteiger partial charge in [0.25, 0.3) is 0 Å². The number of hydrogen-bond acceptors (Lipinski definition) is 2. The van der Waals surface area contributed by atoms with E-state index < -0.39 is 6.67 Å². The van der Waals surface area contributed by atoms with Crippen molar-refractivity contribution in [3.8, 4) is 11.3 Å². The van der Waals surface area contributed by atoms with Crippen LogP contribution in [-0.2, 0) is 26.1 Å². The minimum Gasteiger partial charge on any atom is -0.316 e. The van der Waals surface area contributed by atoms with E-state index in [0.717, 1.165) is 53.3 Å². The van der Waals surface area contributed by atoms with Gasteiger partial charge in [0.15, 0.2) is 0 Å². The Bertz CT molecular complexity index is 902. The molecule has 26 heavy (non-hydrogen) atoms. The molecule has 1 aromatic heterocycles. The van der Waals surface area contributed by atoms with Crippen LogP contribution in [0.4, 0.5) is 4.39 Å². The summed E-state index contributed by atoms with van der Waals surface area (Å²) in [5.41, 5.74) is 6.34. The van der Waals surface area contributed by atoms with Crippen LogP contribution < -0.4 is 5.32 Å². The zero-order valence-corrected chi connectivity index (χ0v) is 15.3. The first-order valence-corrected chi connectivity index (χ1v) is 9.32. The van der Waals surface area contributed by atoms with Crippen molar-refractivity contribution in [2.24, 2.45) is 0 Å². The summed E-state index contributed by atoms with van der Waals surface area (Å²) >= 11 is 6.04. The molecule has 0 saturated carbocycles. The van der Waals surface area contributed by atoms with Crippen LogP contribution in [0.3, 0.4) is 0 Å². The zero-order chi connectivity index (χ0) is 17.9. The molecule has 0 saturated heterocycles. The maximum atomic E-state index is 13.3. The maximum absolute atomic E-state index is 13.3. The smallest absolute Gasteiger partial charge is 0.115 e. The molecule has 0 atom stereocenters. The molecule has 3 aromatic rings. The molecule has 4 rings (SSSR count). The maximum Gasteiger partial charge on any atom is 0.115 e. The number of aromatic nitrogens is 2. The molecule has 2 heterocycles. The normalized spacial score (nSPS) is 14.1. The second-order valence-corrected chi connectivity index (χ2v) is 7.03. The lowest BCUT2D eigenvalue weighted by Gasteiger charge is -2.10. The third-order valence-corrected chi connectivity index (χ3v) is 5.21. The number of alkyl halides is 1. The minimum absolute atomic E-state index is 0.453. The molecular formula is C21H21ClFN3. The summed E-state index contributed by atoms with van der Waals surface area (Å²) in [4.78, 5) is 0. The van der Waals surface area contributed by atoms with E-state index in [-0.39, 0.29) is 0 Å². The summed E-state index contributed by atoms with van der Waals surface area (Å²) in [6, 6.07) is 15.5. The first-order valence-electron chi connectivity index (χ1n) is 8.94. The van der Waals surface area contributed by atoms with Crippen LogP contribution in [0.2, 0.25) is 5.02 Å². The van der Waals surface area contributed by atoms with E-state index in [1.807, 2.05) is 48.5 Å².